The minimum Gasteiger partial charge on any atom is -0.508 e. The molecule has 1 aliphatic heterocycles. The first-order valence-electron chi connectivity index (χ1n) is 13.2. The molecule has 1 fully saturated rings. The number of benzene rings is 3. The van der Waals surface area contributed by atoms with Crippen molar-refractivity contribution < 1.29 is 25.2 Å². The van der Waals surface area contributed by atoms with E-state index in [9.17, 15) is 25.2 Å². The molecular formula is C30H37N3O5. The summed E-state index contributed by atoms with van der Waals surface area (Å²) in [5, 5.41) is 43.9. The van der Waals surface area contributed by atoms with Gasteiger partial charge in [0.1, 0.15) is 11.5 Å². The summed E-state index contributed by atoms with van der Waals surface area (Å²) < 4.78 is 0. The highest BCUT2D eigenvalue weighted by Crippen LogP contribution is 2.26. The van der Waals surface area contributed by atoms with Gasteiger partial charge in [-0.2, -0.15) is 0 Å². The lowest BCUT2D eigenvalue weighted by molar-refractivity contribution is -0.0156. The Morgan fingerprint density at radius 3 is 1.95 bits per heavy atom. The van der Waals surface area contributed by atoms with E-state index >= 15 is 0 Å². The van der Waals surface area contributed by atoms with E-state index in [4.69, 9.17) is 0 Å². The average molecular weight is 520 g/mol. The number of phenols is 2. The second-order valence-electron chi connectivity index (χ2n) is 9.82. The number of amides is 2. The van der Waals surface area contributed by atoms with E-state index in [1.807, 2.05) is 35.3 Å². The SMILES string of the molecule is O=C1N(Cc2ccc(O)cc2)[C@H](Cc2ccccc2)[C@H](O)CN(CCCCCO)N1Cc1ccc(O)cc1. The standard InChI is InChI=1S/C30H37N3O5/c34-18-6-2-5-17-31-22-29(37)28(19-23-7-3-1-4-8-23)32(20-24-9-13-26(35)14-10-24)30(38)33(31)21-25-11-15-27(36)16-12-25/h1,3-4,7-16,28-29,34-37H,2,5-6,17-22H2/t28-,29-/m1/s1. The number of urea groups is 1. The number of hydrogen-bond acceptors (Lipinski definition) is 6. The Bertz CT molecular complexity index is 1140. The van der Waals surface area contributed by atoms with E-state index in [0.717, 1.165) is 29.5 Å². The summed E-state index contributed by atoms with van der Waals surface area (Å²) in [4.78, 5) is 16.0. The van der Waals surface area contributed by atoms with Gasteiger partial charge in [-0.05, 0) is 66.6 Å². The van der Waals surface area contributed by atoms with E-state index < -0.39 is 12.1 Å². The van der Waals surface area contributed by atoms with Crippen LogP contribution in [0.25, 0.3) is 0 Å². The first kappa shape index (κ1) is 27.4. The summed E-state index contributed by atoms with van der Waals surface area (Å²) in [5.74, 6) is 0.309. The number of hydrogen-bond donors (Lipinski definition) is 4. The van der Waals surface area contributed by atoms with Crippen molar-refractivity contribution in [1.82, 2.24) is 14.9 Å². The highest BCUT2D eigenvalue weighted by molar-refractivity contribution is 5.75. The van der Waals surface area contributed by atoms with Gasteiger partial charge in [-0.15, -0.1) is 0 Å². The number of carbonyl (C=O) groups excluding carboxylic acids is 1. The molecule has 2 atom stereocenters. The number of carbonyl (C=O) groups is 1. The van der Waals surface area contributed by atoms with Crippen LogP contribution in [0.3, 0.4) is 0 Å². The fraction of sp³-hybridized carbons (Fsp3) is 0.367. The topological polar surface area (TPSA) is 108 Å². The third kappa shape index (κ3) is 7.25. The summed E-state index contributed by atoms with van der Waals surface area (Å²) in [6, 6.07) is 22.7. The van der Waals surface area contributed by atoms with Crippen molar-refractivity contribution in [3.8, 4) is 11.5 Å². The summed E-state index contributed by atoms with van der Waals surface area (Å²) in [6.45, 7) is 1.53. The number of aliphatic hydroxyl groups is 2. The monoisotopic (exact) mass is 519 g/mol. The van der Waals surface area contributed by atoms with Crippen LogP contribution in [-0.4, -0.2) is 73.2 Å². The van der Waals surface area contributed by atoms with E-state index in [2.05, 4.69) is 0 Å². The Kier molecular flexibility index (Phi) is 9.59. The van der Waals surface area contributed by atoms with Gasteiger partial charge < -0.3 is 25.3 Å². The highest BCUT2D eigenvalue weighted by Gasteiger charge is 2.40. The fourth-order valence-corrected chi connectivity index (χ4v) is 4.88. The maximum absolute atomic E-state index is 14.3. The van der Waals surface area contributed by atoms with Crippen LogP contribution in [0.15, 0.2) is 78.9 Å². The molecule has 0 unspecified atom stereocenters. The van der Waals surface area contributed by atoms with Crippen LogP contribution in [0.1, 0.15) is 36.0 Å². The van der Waals surface area contributed by atoms with Crippen molar-refractivity contribution in [3.05, 3.63) is 95.6 Å². The maximum Gasteiger partial charge on any atom is 0.335 e. The molecule has 1 aliphatic rings. The van der Waals surface area contributed by atoms with E-state index in [1.54, 1.807) is 58.4 Å². The molecule has 3 aromatic carbocycles. The minimum absolute atomic E-state index is 0.123. The lowest BCUT2D eigenvalue weighted by Gasteiger charge is -2.36. The third-order valence-electron chi connectivity index (χ3n) is 6.97. The Morgan fingerprint density at radius 2 is 1.34 bits per heavy atom. The Hall–Kier alpha value is -3.59. The predicted octanol–water partition coefficient (Wildman–Crippen LogP) is 3.89. The van der Waals surface area contributed by atoms with Gasteiger partial charge in [0.15, 0.2) is 0 Å². The number of rotatable bonds is 11. The Morgan fingerprint density at radius 1 is 0.737 bits per heavy atom. The number of aliphatic hydroxyl groups excluding tert-OH is 2. The smallest absolute Gasteiger partial charge is 0.335 e. The van der Waals surface area contributed by atoms with Crippen LogP contribution < -0.4 is 0 Å². The largest absolute Gasteiger partial charge is 0.508 e. The number of phenolic OH excluding ortho intramolecular Hbond substituents is 2. The molecule has 3 aromatic rings. The molecule has 0 aliphatic carbocycles. The summed E-state index contributed by atoms with van der Waals surface area (Å²) in [6.07, 6.45) is 1.96. The second-order valence-corrected chi connectivity index (χ2v) is 9.82. The quantitative estimate of drug-likeness (QED) is 0.287. The normalized spacial score (nSPS) is 18.5. The zero-order valence-electron chi connectivity index (χ0n) is 21.6. The third-order valence-corrected chi connectivity index (χ3v) is 6.97. The second kappa shape index (κ2) is 13.3. The number of aromatic hydroxyl groups is 2. The molecule has 0 aromatic heterocycles. The van der Waals surface area contributed by atoms with E-state index in [-0.39, 0.29) is 43.8 Å². The Labute approximate surface area is 224 Å². The van der Waals surface area contributed by atoms with Crippen LogP contribution in [0, 0.1) is 0 Å². The van der Waals surface area contributed by atoms with Crippen molar-refractivity contribution in [2.24, 2.45) is 0 Å². The van der Waals surface area contributed by atoms with E-state index in [0.29, 0.717) is 19.4 Å². The molecule has 1 heterocycles. The number of nitrogens with zero attached hydrogens (tertiary/aromatic N) is 3. The van der Waals surface area contributed by atoms with Gasteiger partial charge >= 0.3 is 6.03 Å². The first-order chi connectivity index (χ1) is 18.4. The van der Waals surface area contributed by atoms with Crippen LogP contribution in [0.2, 0.25) is 0 Å². The zero-order valence-corrected chi connectivity index (χ0v) is 21.6. The molecule has 0 saturated carbocycles. The summed E-state index contributed by atoms with van der Waals surface area (Å²) in [7, 11) is 0. The van der Waals surface area contributed by atoms with Crippen LogP contribution in [-0.2, 0) is 19.5 Å². The molecular weight excluding hydrogens is 482 g/mol. The molecule has 1 saturated heterocycles. The molecule has 0 spiro atoms. The molecule has 0 radical (unpaired) electrons. The fourth-order valence-electron chi connectivity index (χ4n) is 4.88. The number of β-amino-alcohol motifs (C(OH)–C–C–N with tert-alkyl or cyclic N) is 1. The minimum atomic E-state index is -0.807. The summed E-state index contributed by atoms with van der Waals surface area (Å²) in [5.41, 5.74) is 2.74. The van der Waals surface area contributed by atoms with Gasteiger partial charge in [0.05, 0.1) is 18.7 Å². The van der Waals surface area contributed by atoms with Crippen molar-refractivity contribution in [2.75, 3.05) is 19.7 Å². The molecule has 4 N–H and O–H groups in total. The van der Waals surface area contributed by atoms with E-state index in [1.165, 1.54) is 0 Å². The van der Waals surface area contributed by atoms with Crippen molar-refractivity contribution in [2.45, 2.75) is 50.9 Å². The molecule has 0 bridgehead atoms. The zero-order chi connectivity index (χ0) is 26.9. The average Bonchev–Trinajstić information content (AvgIpc) is 3.01. The van der Waals surface area contributed by atoms with Gasteiger partial charge in [0.25, 0.3) is 0 Å². The van der Waals surface area contributed by atoms with Crippen LogP contribution >= 0.6 is 0 Å². The van der Waals surface area contributed by atoms with Crippen LogP contribution in [0.4, 0.5) is 4.79 Å². The number of hydrazine groups is 1. The first-order valence-corrected chi connectivity index (χ1v) is 13.2. The van der Waals surface area contributed by atoms with Gasteiger partial charge in [-0.3, -0.25) is 5.01 Å². The Balaban J connectivity index is 1.68. The summed E-state index contributed by atoms with van der Waals surface area (Å²) >= 11 is 0. The maximum atomic E-state index is 14.3. The van der Waals surface area contributed by atoms with Gasteiger partial charge in [0, 0.05) is 26.2 Å². The molecule has 8 heteroatoms. The van der Waals surface area contributed by atoms with Gasteiger partial charge in [-0.1, -0.05) is 54.6 Å². The van der Waals surface area contributed by atoms with Crippen LogP contribution in [0.5, 0.6) is 11.5 Å². The highest BCUT2D eigenvalue weighted by atomic mass is 16.3. The molecule has 202 valence electrons. The molecule has 8 nitrogen and oxygen atoms in total. The predicted molar refractivity (Wildman–Crippen MR) is 145 cm³/mol. The van der Waals surface area contributed by atoms with Crippen molar-refractivity contribution >= 4 is 6.03 Å². The lowest BCUT2D eigenvalue weighted by atomic mass is 9.99. The van der Waals surface area contributed by atoms with Gasteiger partial charge in [-0.25, -0.2) is 9.80 Å². The lowest BCUT2D eigenvalue weighted by Crippen LogP contribution is -2.51. The van der Waals surface area contributed by atoms with Gasteiger partial charge in [0.2, 0.25) is 0 Å². The molecule has 2 amide bonds. The van der Waals surface area contributed by atoms with Crippen molar-refractivity contribution in [1.29, 1.82) is 0 Å². The molecule has 38 heavy (non-hydrogen) atoms. The number of unbranched alkanes of at least 4 members (excludes halogenated alkanes) is 2. The van der Waals surface area contributed by atoms with Crippen molar-refractivity contribution in [3.63, 3.8) is 0 Å². The molecule has 4 rings (SSSR count).